The Morgan fingerprint density at radius 3 is 2.81 bits per heavy atom. The summed E-state index contributed by atoms with van der Waals surface area (Å²) in [5.74, 6) is 0. The topological polar surface area (TPSA) is 103 Å². The van der Waals surface area contributed by atoms with E-state index in [-0.39, 0.29) is 21.2 Å². The largest absolute Gasteiger partial charge is 0.389 e. The second-order valence-corrected chi connectivity index (χ2v) is 7.07. The second-order valence-electron chi connectivity index (χ2n) is 4.20. The summed E-state index contributed by atoms with van der Waals surface area (Å²) in [4.78, 5) is 0.262. The van der Waals surface area contributed by atoms with Gasteiger partial charge in [0, 0.05) is 19.2 Å². The molecule has 0 aliphatic heterocycles. The fourth-order valence-corrected chi connectivity index (χ4v) is 3.92. The van der Waals surface area contributed by atoms with Crippen LogP contribution in [0.4, 0.5) is 0 Å². The maximum absolute atomic E-state index is 12.2. The summed E-state index contributed by atoms with van der Waals surface area (Å²) in [6.45, 7) is 0.108. The molecule has 0 aliphatic carbocycles. The van der Waals surface area contributed by atoms with E-state index in [1.54, 1.807) is 24.3 Å². The van der Waals surface area contributed by atoms with Crippen molar-refractivity contribution in [2.45, 2.75) is 11.6 Å². The Hall–Kier alpha value is -1.36. The number of aryl methyl sites for hydroxylation is 1. The highest BCUT2D eigenvalue weighted by Gasteiger charge is 2.23. The minimum Gasteiger partial charge on any atom is -0.389 e. The first-order chi connectivity index (χ1) is 9.81. The highest BCUT2D eigenvalue weighted by Crippen LogP contribution is 2.18. The van der Waals surface area contributed by atoms with Crippen molar-refractivity contribution in [3.63, 3.8) is 0 Å². The summed E-state index contributed by atoms with van der Waals surface area (Å²) in [5.41, 5.74) is 6.98. The Bertz CT molecular complexity index is 768. The molecule has 0 radical (unpaired) electrons. The van der Waals surface area contributed by atoms with Gasteiger partial charge in [-0.25, -0.2) is 17.8 Å². The predicted molar refractivity (Wildman–Crippen MR) is 85.1 cm³/mol. The molecule has 1 aromatic carbocycles. The summed E-state index contributed by atoms with van der Waals surface area (Å²) < 4.78 is 28.3. The van der Waals surface area contributed by atoms with E-state index in [2.05, 4.69) is 31.0 Å². The van der Waals surface area contributed by atoms with Crippen molar-refractivity contribution >= 4 is 43.2 Å². The summed E-state index contributed by atoms with van der Waals surface area (Å²) in [7, 11) is -2.23. The molecule has 0 saturated carbocycles. The second kappa shape index (κ2) is 6.18. The molecule has 2 rings (SSSR count). The molecule has 0 saturated heterocycles. The lowest BCUT2D eigenvalue weighted by atomic mass is 10.1. The molecule has 7 nitrogen and oxygen atoms in total. The minimum atomic E-state index is -3.73. The van der Waals surface area contributed by atoms with Gasteiger partial charge in [-0.15, -0.1) is 5.10 Å². The highest BCUT2D eigenvalue weighted by molar-refractivity contribution is 9.10. The Balaban J connectivity index is 2.20. The van der Waals surface area contributed by atoms with Crippen molar-refractivity contribution in [3.8, 4) is 0 Å². The lowest BCUT2D eigenvalue weighted by Crippen LogP contribution is -2.26. The lowest BCUT2D eigenvalue weighted by molar-refractivity contribution is 0.560. The molecular formula is C11H12BrN5O2S2. The standard InChI is InChI=1S/C11H12BrN5O2S2/c1-17-11(9(12)15-16-17)21(18,19)14-6-7-3-2-4-8(5-7)10(13)20/h2-5,14H,6H2,1H3,(H2,13,20). The molecule has 2 aromatic rings. The van der Waals surface area contributed by atoms with Gasteiger partial charge in [0.1, 0.15) is 4.99 Å². The van der Waals surface area contributed by atoms with Crippen molar-refractivity contribution < 1.29 is 8.42 Å². The van der Waals surface area contributed by atoms with Crippen LogP contribution in [0, 0.1) is 0 Å². The van der Waals surface area contributed by atoms with Gasteiger partial charge < -0.3 is 5.73 Å². The number of aromatic nitrogens is 3. The molecule has 0 atom stereocenters. The maximum atomic E-state index is 12.2. The molecule has 0 fully saturated rings. The predicted octanol–water partition coefficient (Wildman–Crippen LogP) is 0.690. The van der Waals surface area contributed by atoms with Crippen molar-refractivity contribution in [1.29, 1.82) is 0 Å². The normalized spacial score (nSPS) is 11.5. The number of nitrogens with two attached hydrogens (primary N) is 1. The Morgan fingerprint density at radius 2 is 2.24 bits per heavy atom. The van der Waals surface area contributed by atoms with Crippen LogP contribution in [-0.4, -0.2) is 28.4 Å². The van der Waals surface area contributed by atoms with Crippen LogP contribution in [-0.2, 0) is 23.6 Å². The van der Waals surface area contributed by atoms with Gasteiger partial charge in [-0.1, -0.05) is 35.6 Å². The molecule has 0 aliphatic rings. The number of benzene rings is 1. The molecule has 0 amide bonds. The lowest BCUT2D eigenvalue weighted by Gasteiger charge is -2.08. The number of thiocarbonyl (C=S) groups is 1. The summed E-state index contributed by atoms with van der Waals surface area (Å²) in [6, 6.07) is 7.05. The van der Waals surface area contributed by atoms with Crippen LogP contribution >= 0.6 is 28.1 Å². The van der Waals surface area contributed by atoms with Crippen LogP contribution in [0.15, 0.2) is 33.9 Å². The van der Waals surface area contributed by atoms with Crippen molar-refractivity contribution in [3.05, 3.63) is 40.0 Å². The fourth-order valence-electron chi connectivity index (χ4n) is 1.69. The first kappa shape index (κ1) is 16.0. The number of nitrogens with zero attached hydrogens (tertiary/aromatic N) is 3. The van der Waals surface area contributed by atoms with E-state index < -0.39 is 10.0 Å². The Kier molecular flexibility index (Phi) is 4.71. The van der Waals surface area contributed by atoms with E-state index in [4.69, 9.17) is 18.0 Å². The van der Waals surface area contributed by atoms with Gasteiger partial charge >= 0.3 is 0 Å². The zero-order valence-electron chi connectivity index (χ0n) is 10.9. The number of halogens is 1. The van der Waals surface area contributed by atoms with E-state index in [0.717, 1.165) is 5.56 Å². The fraction of sp³-hybridized carbons (Fsp3) is 0.182. The molecule has 0 unspecified atom stereocenters. The highest BCUT2D eigenvalue weighted by atomic mass is 79.9. The Labute approximate surface area is 135 Å². The molecule has 10 heteroatoms. The van der Waals surface area contributed by atoms with Gasteiger partial charge in [0.05, 0.1) is 0 Å². The van der Waals surface area contributed by atoms with Gasteiger partial charge in [-0.2, -0.15) is 0 Å². The average Bonchev–Trinajstić information content (AvgIpc) is 2.77. The smallest absolute Gasteiger partial charge is 0.260 e. The molecular weight excluding hydrogens is 378 g/mol. The molecule has 1 heterocycles. The first-order valence-corrected chi connectivity index (χ1v) is 8.43. The van der Waals surface area contributed by atoms with Gasteiger partial charge in [-0.05, 0) is 27.6 Å². The maximum Gasteiger partial charge on any atom is 0.260 e. The molecule has 21 heavy (non-hydrogen) atoms. The molecule has 3 N–H and O–H groups in total. The van der Waals surface area contributed by atoms with Crippen LogP contribution in [0.1, 0.15) is 11.1 Å². The van der Waals surface area contributed by atoms with Crippen LogP contribution in [0.5, 0.6) is 0 Å². The third kappa shape index (κ3) is 3.64. The van der Waals surface area contributed by atoms with E-state index in [0.29, 0.717) is 5.56 Å². The number of sulfonamides is 1. The van der Waals surface area contributed by atoms with E-state index in [9.17, 15) is 8.42 Å². The SMILES string of the molecule is Cn1nnc(Br)c1S(=O)(=O)NCc1cccc(C(N)=S)c1. The zero-order chi connectivity index (χ0) is 15.6. The summed E-state index contributed by atoms with van der Waals surface area (Å²) in [5, 5.41) is 7.26. The Morgan fingerprint density at radius 1 is 1.52 bits per heavy atom. The average molecular weight is 390 g/mol. The van der Waals surface area contributed by atoms with Crippen LogP contribution < -0.4 is 10.5 Å². The van der Waals surface area contributed by atoms with Gasteiger partial charge in [-0.3, -0.25) is 0 Å². The third-order valence-corrected chi connectivity index (χ3v) is 5.19. The number of hydrogen-bond acceptors (Lipinski definition) is 5. The summed E-state index contributed by atoms with van der Waals surface area (Å²) in [6.07, 6.45) is 0. The monoisotopic (exact) mass is 389 g/mol. The zero-order valence-corrected chi connectivity index (χ0v) is 14.2. The number of nitrogens with one attached hydrogen (secondary N) is 1. The van der Waals surface area contributed by atoms with Gasteiger partial charge in [0.15, 0.2) is 4.60 Å². The summed E-state index contributed by atoms with van der Waals surface area (Å²) >= 11 is 7.95. The third-order valence-electron chi connectivity index (χ3n) is 2.67. The van der Waals surface area contributed by atoms with Crippen molar-refractivity contribution in [2.24, 2.45) is 12.8 Å². The van der Waals surface area contributed by atoms with Gasteiger partial charge in [0.2, 0.25) is 5.03 Å². The van der Waals surface area contributed by atoms with Crippen molar-refractivity contribution in [2.75, 3.05) is 0 Å². The number of rotatable bonds is 5. The van der Waals surface area contributed by atoms with Crippen molar-refractivity contribution in [1.82, 2.24) is 19.7 Å². The van der Waals surface area contributed by atoms with Gasteiger partial charge in [0.25, 0.3) is 10.0 Å². The molecule has 0 spiro atoms. The van der Waals surface area contributed by atoms with Crippen LogP contribution in [0.2, 0.25) is 0 Å². The van der Waals surface area contributed by atoms with E-state index >= 15 is 0 Å². The quantitative estimate of drug-likeness (QED) is 0.729. The first-order valence-electron chi connectivity index (χ1n) is 5.75. The molecule has 0 bridgehead atoms. The minimum absolute atomic E-state index is 0.0343. The van der Waals surface area contributed by atoms with E-state index in [1.807, 2.05) is 0 Å². The number of hydrogen-bond donors (Lipinski definition) is 2. The molecule has 1 aromatic heterocycles. The van der Waals surface area contributed by atoms with E-state index in [1.165, 1.54) is 11.7 Å². The van der Waals surface area contributed by atoms with Crippen LogP contribution in [0.3, 0.4) is 0 Å². The van der Waals surface area contributed by atoms with Crippen LogP contribution in [0.25, 0.3) is 0 Å². The molecule has 112 valence electrons.